The van der Waals surface area contributed by atoms with Crippen molar-refractivity contribution in [3.63, 3.8) is 0 Å². The first-order chi connectivity index (χ1) is 5.27. The van der Waals surface area contributed by atoms with E-state index >= 15 is 0 Å². The quantitative estimate of drug-likeness (QED) is 0.620. The van der Waals surface area contributed by atoms with Crippen LogP contribution in [-0.2, 0) is 0 Å². The molecular formula is C6H9N3O2. The van der Waals surface area contributed by atoms with Gasteiger partial charge in [0.05, 0.1) is 13.3 Å². The fourth-order valence-electron chi connectivity index (χ4n) is 0.657. The summed E-state index contributed by atoms with van der Waals surface area (Å²) in [4.78, 5) is 17.3. The first-order valence-corrected chi connectivity index (χ1v) is 3.09. The van der Waals surface area contributed by atoms with Crippen LogP contribution in [0.2, 0.25) is 0 Å². The lowest BCUT2D eigenvalue weighted by Gasteiger charge is -1.92. The molecule has 5 nitrogen and oxygen atoms in total. The van der Waals surface area contributed by atoms with Crippen molar-refractivity contribution in [3.8, 4) is 6.01 Å². The van der Waals surface area contributed by atoms with Crippen molar-refractivity contribution in [2.24, 2.45) is 0 Å². The summed E-state index contributed by atoms with van der Waals surface area (Å²) in [5, 5.41) is 2.45. The third-order valence-electron chi connectivity index (χ3n) is 1.22. The van der Waals surface area contributed by atoms with Gasteiger partial charge in [-0.1, -0.05) is 0 Å². The number of aromatic nitrogens is 2. The highest BCUT2D eigenvalue weighted by Gasteiger charge is 2.06. The first kappa shape index (κ1) is 7.59. The summed E-state index contributed by atoms with van der Waals surface area (Å²) >= 11 is 0. The lowest BCUT2D eigenvalue weighted by atomic mass is 10.4. The molecule has 5 heteroatoms. The van der Waals surface area contributed by atoms with Crippen LogP contribution in [-0.4, -0.2) is 30.0 Å². The molecule has 0 saturated heterocycles. The third kappa shape index (κ3) is 1.49. The number of ether oxygens (including phenoxy) is 1. The van der Waals surface area contributed by atoms with Gasteiger partial charge in [-0.05, 0) is 0 Å². The fourth-order valence-corrected chi connectivity index (χ4v) is 0.657. The van der Waals surface area contributed by atoms with E-state index in [4.69, 9.17) is 4.74 Å². The highest BCUT2D eigenvalue weighted by atomic mass is 16.5. The maximum Gasteiger partial charge on any atom is 0.293 e. The number of carbonyl (C=O) groups excluding carboxylic acids is 1. The Hall–Kier alpha value is -1.52. The Morgan fingerprint density at radius 3 is 3.00 bits per heavy atom. The van der Waals surface area contributed by atoms with Gasteiger partial charge in [-0.2, -0.15) is 0 Å². The number of carbonyl (C=O) groups is 1. The van der Waals surface area contributed by atoms with E-state index in [2.05, 4.69) is 15.3 Å². The van der Waals surface area contributed by atoms with Crippen LogP contribution < -0.4 is 10.1 Å². The molecule has 2 N–H and O–H groups in total. The molecule has 1 heterocycles. The van der Waals surface area contributed by atoms with Crippen molar-refractivity contribution < 1.29 is 9.53 Å². The summed E-state index contributed by atoms with van der Waals surface area (Å²) in [6.45, 7) is 0. The number of aromatic amines is 1. The molecule has 0 aromatic carbocycles. The highest BCUT2D eigenvalue weighted by Crippen LogP contribution is 2.02. The number of hydrogen-bond acceptors (Lipinski definition) is 3. The SMILES string of the molecule is CNC(=O)c1cnc(OC)[nH]1. The van der Waals surface area contributed by atoms with Gasteiger partial charge in [-0.15, -0.1) is 0 Å². The van der Waals surface area contributed by atoms with Crippen LogP contribution in [0, 0.1) is 0 Å². The smallest absolute Gasteiger partial charge is 0.293 e. The van der Waals surface area contributed by atoms with Crippen LogP contribution in [0.5, 0.6) is 6.01 Å². The van der Waals surface area contributed by atoms with Crippen LogP contribution in [0.25, 0.3) is 0 Å². The van der Waals surface area contributed by atoms with Gasteiger partial charge in [-0.3, -0.25) is 4.79 Å². The molecule has 11 heavy (non-hydrogen) atoms. The molecular weight excluding hydrogens is 146 g/mol. The van der Waals surface area contributed by atoms with Gasteiger partial charge in [0.2, 0.25) is 0 Å². The zero-order valence-electron chi connectivity index (χ0n) is 6.34. The lowest BCUT2D eigenvalue weighted by molar-refractivity contribution is 0.0958. The van der Waals surface area contributed by atoms with E-state index in [0.29, 0.717) is 11.7 Å². The summed E-state index contributed by atoms with van der Waals surface area (Å²) in [6, 6.07) is 0.337. The predicted molar refractivity (Wildman–Crippen MR) is 38.5 cm³/mol. The number of amides is 1. The van der Waals surface area contributed by atoms with Crippen molar-refractivity contribution >= 4 is 5.91 Å². The van der Waals surface area contributed by atoms with Crippen molar-refractivity contribution in [1.29, 1.82) is 0 Å². The summed E-state index contributed by atoms with van der Waals surface area (Å²) < 4.78 is 4.74. The molecule has 0 aliphatic carbocycles. The molecule has 0 aliphatic rings. The maximum absolute atomic E-state index is 10.9. The number of rotatable bonds is 2. The molecule has 0 unspecified atom stereocenters. The van der Waals surface area contributed by atoms with Gasteiger partial charge >= 0.3 is 0 Å². The molecule has 0 radical (unpaired) electrons. The summed E-state index contributed by atoms with van der Waals surface area (Å²) in [6.07, 6.45) is 1.41. The standard InChI is InChI=1S/C6H9N3O2/c1-7-5(10)4-3-8-6(9-4)11-2/h3H,1-2H3,(H,7,10)(H,8,9). The van der Waals surface area contributed by atoms with E-state index in [0.717, 1.165) is 0 Å². The molecule has 0 saturated carbocycles. The molecule has 60 valence electrons. The van der Waals surface area contributed by atoms with Crippen molar-refractivity contribution in [1.82, 2.24) is 15.3 Å². The van der Waals surface area contributed by atoms with Crippen LogP contribution >= 0.6 is 0 Å². The third-order valence-corrected chi connectivity index (χ3v) is 1.22. The minimum absolute atomic E-state index is 0.208. The van der Waals surface area contributed by atoms with Crippen LogP contribution in [0.3, 0.4) is 0 Å². The summed E-state index contributed by atoms with van der Waals surface area (Å²) in [5.41, 5.74) is 0.393. The second kappa shape index (κ2) is 3.05. The molecule has 0 spiro atoms. The topological polar surface area (TPSA) is 67.0 Å². The molecule has 0 bridgehead atoms. The lowest BCUT2D eigenvalue weighted by Crippen LogP contribution is -2.17. The van der Waals surface area contributed by atoms with Crippen LogP contribution in [0.1, 0.15) is 10.5 Å². The Morgan fingerprint density at radius 1 is 1.82 bits per heavy atom. The van der Waals surface area contributed by atoms with Crippen LogP contribution in [0.4, 0.5) is 0 Å². The molecule has 0 fully saturated rings. The number of hydrogen-bond donors (Lipinski definition) is 2. The van der Waals surface area contributed by atoms with E-state index in [1.165, 1.54) is 13.3 Å². The van der Waals surface area contributed by atoms with Gasteiger partial charge in [0.15, 0.2) is 0 Å². The number of methoxy groups -OCH3 is 1. The van der Waals surface area contributed by atoms with Crippen LogP contribution in [0.15, 0.2) is 6.20 Å². The van der Waals surface area contributed by atoms with Gasteiger partial charge in [0.1, 0.15) is 5.69 Å². The largest absolute Gasteiger partial charge is 0.468 e. The van der Waals surface area contributed by atoms with Gasteiger partial charge in [-0.25, -0.2) is 4.98 Å². The second-order valence-electron chi connectivity index (χ2n) is 1.89. The Balaban J connectivity index is 2.80. The number of nitrogens with zero attached hydrogens (tertiary/aromatic N) is 1. The Labute approximate surface area is 63.8 Å². The Morgan fingerprint density at radius 2 is 2.55 bits per heavy atom. The van der Waals surface area contributed by atoms with E-state index < -0.39 is 0 Å². The van der Waals surface area contributed by atoms with Crippen molar-refractivity contribution in [2.45, 2.75) is 0 Å². The summed E-state index contributed by atoms with van der Waals surface area (Å²) in [5.74, 6) is -0.208. The monoisotopic (exact) mass is 155 g/mol. The normalized spacial score (nSPS) is 9.27. The van der Waals surface area contributed by atoms with E-state index in [1.807, 2.05) is 0 Å². The van der Waals surface area contributed by atoms with Gasteiger partial charge < -0.3 is 15.0 Å². The number of H-pyrrole nitrogens is 1. The Kier molecular flexibility index (Phi) is 2.10. The van der Waals surface area contributed by atoms with Crippen molar-refractivity contribution in [3.05, 3.63) is 11.9 Å². The molecule has 1 rings (SSSR count). The highest BCUT2D eigenvalue weighted by molar-refractivity contribution is 5.91. The molecule has 0 aliphatic heterocycles. The molecule has 1 aromatic heterocycles. The van der Waals surface area contributed by atoms with Gasteiger partial charge in [0, 0.05) is 7.05 Å². The van der Waals surface area contributed by atoms with E-state index in [-0.39, 0.29) is 5.91 Å². The molecule has 0 atom stereocenters. The maximum atomic E-state index is 10.9. The first-order valence-electron chi connectivity index (χ1n) is 3.09. The zero-order valence-corrected chi connectivity index (χ0v) is 6.34. The van der Waals surface area contributed by atoms with E-state index in [9.17, 15) is 4.79 Å². The second-order valence-corrected chi connectivity index (χ2v) is 1.89. The minimum Gasteiger partial charge on any atom is -0.468 e. The summed E-state index contributed by atoms with van der Waals surface area (Å²) in [7, 11) is 3.03. The van der Waals surface area contributed by atoms with Crippen molar-refractivity contribution in [2.75, 3.05) is 14.2 Å². The predicted octanol–water partition coefficient (Wildman–Crippen LogP) is -0.222. The average Bonchev–Trinajstić information content (AvgIpc) is 2.50. The minimum atomic E-state index is -0.208. The number of imidazole rings is 1. The zero-order chi connectivity index (χ0) is 8.27. The molecule has 1 aromatic rings. The van der Waals surface area contributed by atoms with E-state index in [1.54, 1.807) is 7.05 Å². The molecule has 1 amide bonds. The van der Waals surface area contributed by atoms with Gasteiger partial charge in [0.25, 0.3) is 11.9 Å². The number of nitrogens with one attached hydrogen (secondary N) is 2. The fraction of sp³-hybridized carbons (Fsp3) is 0.333. The average molecular weight is 155 g/mol. The Bertz CT molecular complexity index is 256.